The number of aryl methyl sites for hydroxylation is 1. The fourth-order valence-corrected chi connectivity index (χ4v) is 4.40. The van der Waals surface area contributed by atoms with Gasteiger partial charge in [0, 0.05) is 17.5 Å². The summed E-state index contributed by atoms with van der Waals surface area (Å²) in [6, 6.07) is 4.89. The van der Waals surface area contributed by atoms with Crippen LogP contribution < -0.4 is 5.32 Å². The first-order chi connectivity index (χ1) is 10.2. The van der Waals surface area contributed by atoms with Crippen molar-refractivity contribution < 1.29 is 4.74 Å². The molecular weight excluding hydrogens is 278 g/mol. The van der Waals surface area contributed by atoms with E-state index in [2.05, 4.69) is 43.6 Å². The zero-order valence-electron chi connectivity index (χ0n) is 13.9. The van der Waals surface area contributed by atoms with E-state index < -0.39 is 0 Å². The molecule has 2 rings (SSSR count). The summed E-state index contributed by atoms with van der Waals surface area (Å²) in [5.41, 5.74) is 0.0640. The molecule has 1 atom stereocenters. The summed E-state index contributed by atoms with van der Waals surface area (Å²) in [5.74, 6) is 0.859. The van der Waals surface area contributed by atoms with E-state index in [0.29, 0.717) is 6.04 Å². The highest BCUT2D eigenvalue weighted by Gasteiger charge is 2.41. The minimum atomic E-state index is 0.0640. The average molecular weight is 310 g/mol. The van der Waals surface area contributed by atoms with E-state index in [1.807, 2.05) is 11.3 Å². The first-order valence-electron chi connectivity index (χ1n) is 8.60. The lowest BCUT2D eigenvalue weighted by Gasteiger charge is -2.45. The van der Waals surface area contributed by atoms with Crippen LogP contribution in [0.25, 0.3) is 0 Å². The van der Waals surface area contributed by atoms with Crippen LogP contribution in [0.1, 0.15) is 57.8 Å². The third kappa shape index (κ3) is 4.54. The third-order valence-corrected chi connectivity index (χ3v) is 5.83. The normalized spacial score (nSPS) is 27.7. The molecule has 2 nitrogen and oxygen atoms in total. The average Bonchev–Trinajstić information content (AvgIpc) is 3.00. The van der Waals surface area contributed by atoms with Gasteiger partial charge in [-0.1, -0.05) is 19.9 Å². The van der Waals surface area contributed by atoms with Crippen molar-refractivity contribution in [2.75, 3.05) is 13.2 Å². The maximum absolute atomic E-state index is 6.34. The van der Waals surface area contributed by atoms with Gasteiger partial charge in [-0.25, -0.2) is 0 Å². The molecule has 1 fully saturated rings. The first kappa shape index (κ1) is 17.0. The van der Waals surface area contributed by atoms with Gasteiger partial charge in [0.15, 0.2) is 0 Å². The highest BCUT2D eigenvalue weighted by Crippen LogP contribution is 2.38. The van der Waals surface area contributed by atoms with Crippen LogP contribution in [0.3, 0.4) is 0 Å². The van der Waals surface area contributed by atoms with Crippen molar-refractivity contribution in [3.05, 3.63) is 22.4 Å². The smallest absolute Gasteiger partial charge is 0.0834 e. The van der Waals surface area contributed by atoms with Gasteiger partial charge < -0.3 is 10.1 Å². The van der Waals surface area contributed by atoms with Crippen LogP contribution in [0.4, 0.5) is 0 Å². The van der Waals surface area contributed by atoms with Gasteiger partial charge in [0.1, 0.15) is 0 Å². The fraction of sp³-hybridized carbons (Fsp3) is 0.778. The lowest BCUT2D eigenvalue weighted by molar-refractivity contribution is -0.0973. The summed E-state index contributed by atoms with van der Waals surface area (Å²) in [4.78, 5) is 1.49. The molecule has 21 heavy (non-hydrogen) atoms. The third-order valence-electron chi connectivity index (χ3n) is 4.90. The van der Waals surface area contributed by atoms with E-state index in [0.717, 1.165) is 19.1 Å². The van der Waals surface area contributed by atoms with E-state index >= 15 is 0 Å². The number of nitrogens with one attached hydrogen (secondary N) is 1. The molecule has 1 aromatic heterocycles. The van der Waals surface area contributed by atoms with E-state index in [9.17, 15) is 0 Å². The molecule has 1 saturated carbocycles. The maximum Gasteiger partial charge on any atom is 0.0834 e. The summed E-state index contributed by atoms with van der Waals surface area (Å²) in [5, 5.41) is 5.91. The summed E-state index contributed by atoms with van der Waals surface area (Å²) >= 11 is 1.87. The minimum absolute atomic E-state index is 0.0640. The largest absolute Gasteiger partial charge is 0.374 e. The van der Waals surface area contributed by atoms with Gasteiger partial charge in [-0.05, 0) is 69.4 Å². The molecule has 0 radical (unpaired) electrons. The Morgan fingerprint density at radius 3 is 2.71 bits per heavy atom. The highest BCUT2D eigenvalue weighted by atomic mass is 32.1. The lowest BCUT2D eigenvalue weighted by Crippen LogP contribution is -2.54. The van der Waals surface area contributed by atoms with Gasteiger partial charge in [0.25, 0.3) is 0 Å². The van der Waals surface area contributed by atoms with Gasteiger partial charge in [-0.2, -0.15) is 0 Å². The van der Waals surface area contributed by atoms with E-state index in [1.165, 1.54) is 43.4 Å². The molecule has 3 heteroatoms. The Labute approximate surface area is 134 Å². The zero-order valence-corrected chi connectivity index (χ0v) is 14.7. The number of hydrogen-bond acceptors (Lipinski definition) is 3. The van der Waals surface area contributed by atoms with Crippen LogP contribution in [0.5, 0.6) is 0 Å². The quantitative estimate of drug-likeness (QED) is 0.755. The van der Waals surface area contributed by atoms with E-state index in [-0.39, 0.29) is 5.60 Å². The number of likely N-dealkylation sites (N-methyl/N-ethyl adjacent to an activating group) is 1. The van der Waals surface area contributed by atoms with Gasteiger partial charge in [0.05, 0.1) is 5.60 Å². The second-order valence-electron chi connectivity index (χ2n) is 6.41. The lowest BCUT2D eigenvalue weighted by atomic mass is 9.74. The maximum atomic E-state index is 6.34. The Morgan fingerprint density at radius 2 is 2.14 bits per heavy atom. The molecule has 0 aromatic carbocycles. The first-order valence-corrected chi connectivity index (χ1v) is 9.48. The number of ether oxygens (including phenoxy) is 1. The Balaban J connectivity index is 2.04. The topological polar surface area (TPSA) is 21.3 Å². The van der Waals surface area contributed by atoms with E-state index in [4.69, 9.17) is 4.74 Å². The summed E-state index contributed by atoms with van der Waals surface area (Å²) in [6.45, 7) is 8.59. The Kier molecular flexibility index (Phi) is 6.72. The van der Waals surface area contributed by atoms with Crippen molar-refractivity contribution in [2.24, 2.45) is 5.92 Å². The predicted octanol–water partition coefficient (Wildman–Crippen LogP) is 4.64. The van der Waals surface area contributed by atoms with Gasteiger partial charge in [0.2, 0.25) is 0 Å². The van der Waals surface area contributed by atoms with Crippen LogP contribution in [0, 0.1) is 5.92 Å². The van der Waals surface area contributed by atoms with Crippen molar-refractivity contribution in [1.29, 1.82) is 0 Å². The van der Waals surface area contributed by atoms with Gasteiger partial charge in [-0.3, -0.25) is 0 Å². The van der Waals surface area contributed by atoms with Crippen LogP contribution in [0.2, 0.25) is 0 Å². The Hall–Kier alpha value is -0.380. The minimum Gasteiger partial charge on any atom is -0.374 e. The number of rotatable bonds is 8. The summed E-state index contributed by atoms with van der Waals surface area (Å²) < 4.78 is 6.34. The van der Waals surface area contributed by atoms with E-state index in [1.54, 1.807) is 0 Å². The monoisotopic (exact) mass is 309 g/mol. The fourth-order valence-electron chi connectivity index (χ4n) is 3.67. The van der Waals surface area contributed by atoms with Crippen molar-refractivity contribution in [3.63, 3.8) is 0 Å². The van der Waals surface area contributed by atoms with Crippen LogP contribution in [0.15, 0.2) is 17.5 Å². The molecule has 1 N–H and O–H groups in total. The van der Waals surface area contributed by atoms with Crippen molar-refractivity contribution in [2.45, 2.75) is 70.9 Å². The molecule has 1 heterocycles. The summed E-state index contributed by atoms with van der Waals surface area (Å²) in [7, 11) is 0. The molecular formula is C18H31NOS. The molecule has 1 unspecified atom stereocenters. The molecule has 0 aliphatic heterocycles. The number of hydrogen-bond donors (Lipinski definition) is 1. The Bertz CT molecular complexity index is 382. The SMILES string of the molecule is CCNC(CCc1cccs1)C1(OCC)CCC(C)CC1. The predicted molar refractivity (Wildman–Crippen MR) is 92.1 cm³/mol. The van der Waals surface area contributed by atoms with Crippen LogP contribution in [-0.2, 0) is 11.2 Å². The second-order valence-corrected chi connectivity index (χ2v) is 7.44. The van der Waals surface area contributed by atoms with Crippen molar-refractivity contribution in [1.82, 2.24) is 5.32 Å². The van der Waals surface area contributed by atoms with Crippen LogP contribution >= 0.6 is 11.3 Å². The van der Waals surface area contributed by atoms with Gasteiger partial charge >= 0.3 is 0 Å². The molecule has 120 valence electrons. The molecule has 1 aromatic rings. The Morgan fingerprint density at radius 1 is 1.38 bits per heavy atom. The molecule has 0 spiro atoms. The molecule has 0 bridgehead atoms. The molecule has 0 saturated heterocycles. The molecule has 1 aliphatic rings. The van der Waals surface area contributed by atoms with Crippen molar-refractivity contribution >= 4 is 11.3 Å². The zero-order chi connectivity index (χ0) is 15.1. The highest BCUT2D eigenvalue weighted by molar-refractivity contribution is 7.09. The molecule has 1 aliphatic carbocycles. The number of thiophene rings is 1. The van der Waals surface area contributed by atoms with Crippen molar-refractivity contribution in [3.8, 4) is 0 Å². The van der Waals surface area contributed by atoms with Crippen LogP contribution in [-0.4, -0.2) is 24.8 Å². The standard InChI is InChI=1S/C18H31NOS/c1-4-19-17(9-8-16-7-6-14-21-16)18(20-5-2)12-10-15(3)11-13-18/h6-7,14-15,17,19H,4-5,8-13H2,1-3H3. The second kappa shape index (κ2) is 8.30. The summed E-state index contributed by atoms with van der Waals surface area (Å²) in [6.07, 6.45) is 7.39. The molecule has 0 amide bonds. The van der Waals surface area contributed by atoms with Gasteiger partial charge in [-0.15, -0.1) is 11.3 Å².